The highest BCUT2D eigenvalue weighted by molar-refractivity contribution is 5.93. The lowest BCUT2D eigenvalue weighted by Gasteiger charge is -2.41. The van der Waals surface area contributed by atoms with Gasteiger partial charge in [0.05, 0.1) is 11.8 Å². The fraction of sp³-hybridized carbons (Fsp3) is 0.545. The predicted octanol–water partition coefficient (Wildman–Crippen LogP) is 3.95. The molecule has 5 nitrogen and oxygen atoms in total. The van der Waals surface area contributed by atoms with E-state index in [1.54, 1.807) is 18.3 Å². The van der Waals surface area contributed by atoms with Gasteiger partial charge >= 0.3 is 0 Å². The van der Waals surface area contributed by atoms with Crippen molar-refractivity contribution in [1.82, 2.24) is 14.7 Å². The Hall–Kier alpha value is -2.37. The Morgan fingerprint density at radius 2 is 2.18 bits per heavy atom. The summed E-state index contributed by atoms with van der Waals surface area (Å²) in [4.78, 5) is 17.3. The van der Waals surface area contributed by atoms with Gasteiger partial charge in [-0.25, -0.2) is 4.39 Å². The molecule has 2 aliphatic rings. The Morgan fingerprint density at radius 1 is 1.36 bits per heavy atom. The van der Waals surface area contributed by atoms with Crippen molar-refractivity contribution < 1.29 is 9.18 Å². The number of likely N-dealkylation sites (tertiary alicyclic amines) is 1. The maximum Gasteiger partial charge on any atom is 0.257 e. The van der Waals surface area contributed by atoms with Gasteiger partial charge in [-0.2, -0.15) is 5.10 Å². The number of nitrogens with zero attached hydrogens (tertiary/aromatic N) is 4. The summed E-state index contributed by atoms with van der Waals surface area (Å²) in [6.45, 7) is 8.84. The van der Waals surface area contributed by atoms with E-state index in [1.165, 1.54) is 6.07 Å². The molecule has 0 N–H and O–H groups in total. The zero-order valence-electron chi connectivity index (χ0n) is 16.9. The minimum atomic E-state index is -0.201. The molecule has 6 heteroatoms. The number of hydrogen-bond acceptors (Lipinski definition) is 3. The van der Waals surface area contributed by atoms with Crippen molar-refractivity contribution in [3.05, 3.63) is 48.0 Å². The number of aromatic nitrogens is 2. The van der Waals surface area contributed by atoms with Crippen LogP contribution in [0.5, 0.6) is 0 Å². The topological polar surface area (TPSA) is 41.4 Å². The molecule has 0 bridgehead atoms. The zero-order chi connectivity index (χ0) is 19.9. The van der Waals surface area contributed by atoms with Crippen LogP contribution in [0.1, 0.15) is 50.4 Å². The van der Waals surface area contributed by atoms with Crippen molar-refractivity contribution in [3.63, 3.8) is 0 Å². The van der Waals surface area contributed by atoms with Crippen LogP contribution in [0.3, 0.4) is 0 Å². The fourth-order valence-corrected chi connectivity index (χ4v) is 5.11. The largest absolute Gasteiger partial charge is 0.363 e. The second-order valence-corrected chi connectivity index (χ2v) is 8.73. The van der Waals surface area contributed by atoms with Crippen LogP contribution in [0, 0.1) is 11.7 Å². The van der Waals surface area contributed by atoms with Crippen LogP contribution in [-0.2, 0) is 6.54 Å². The van der Waals surface area contributed by atoms with E-state index in [0.717, 1.165) is 44.6 Å². The van der Waals surface area contributed by atoms with E-state index in [0.29, 0.717) is 17.5 Å². The van der Waals surface area contributed by atoms with Crippen LogP contribution >= 0.6 is 0 Å². The maximum atomic E-state index is 13.8. The molecule has 0 spiro atoms. The van der Waals surface area contributed by atoms with Gasteiger partial charge in [0.25, 0.3) is 5.91 Å². The van der Waals surface area contributed by atoms with Crippen molar-refractivity contribution in [2.24, 2.45) is 5.92 Å². The first-order valence-electron chi connectivity index (χ1n) is 10.3. The Balaban J connectivity index is 1.51. The number of rotatable bonds is 4. The monoisotopic (exact) mass is 384 g/mol. The van der Waals surface area contributed by atoms with E-state index < -0.39 is 0 Å². The molecule has 0 aliphatic carbocycles. The smallest absolute Gasteiger partial charge is 0.257 e. The SMILES string of the molecule is CCCn1cc(C(=O)N2CC[C@H]3[C@@H](C2)CC(C)(C)N3c2cccc(F)c2)cn1. The van der Waals surface area contributed by atoms with Gasteiger partial charge in [-0.05, 0) is 57.2 Å². The number of halogens is 1. The molecule has 2 fully saturated rings. The van der Waals surface area contributed by atoms with Gasteiger partial charge in [0.15, 0.2) is 0 Å². The van der Waals surface area contributed by atoms with Crippen molar-refractivity contribution in [1.29, 1.82) is 0 Å². The summed E-state index contributed by atoms with van der Waals surface area (Å²) in [6.07, 6.45) is 6.43. The molecule has 150 valence electrons. The molecule has 2 saturated heterocycles. The van der Waals surface area contributed by atoms with Gasteiger partial charge in [-0.3, -0.25) is 9.48 Å². The molecular formula is C22H29FN4O. The number of anilines is 1. The molecule has 1 aromatic heterocycles. The molecule has 2 atom stereocenters. The number of piperidine rings is 1. The highest BCUT2D eigenvalue weighted by atomic mass is 19.1. The summed E-state index contributed by atoms with van der Waals surface area (Å²) in [5.74, 6) is 0.262. The van der Waals surface area contributed by atoms with Crippen LogP contribution in [0.4, 0.5) is 10.1 Å². The van der Waals surface area contributed by atoms with Gasteiger partial charge in [-0.1, -0.05) is 13.0 Å². The highest BCUT2D eigenvalue weighted by Crippen LogP contribution is 2.44. The second kappa shape index (κ2) is 7.22. The first-order valence-corrected chi connectivity index (χ1v) is 10.3. The molecule has 1 amide bonds. The van der Waals surface area contributed by atoms with E-state index >= 15 is 0 Å². The number of amides is 1. The summed E-state index contributed by atoms with van der Waals surface area (Å²) < 4.78 is 15.7. The molecule has 0 unspecified atom stereocenters. The van der Waals surface area contributed by atoms with Gasteiger partial charge in [0.1, 0.15) is 5.82 Å². The third kappa shape index (κ3) is 3.40. The van der Waals surface area contributed by atoms with Gasteiger partial charge < -0.3 is 9.80 Å². The van der Waals surface area contributed by atoms with Crippen LogP contribution in [-0.4, -0.2) is 45.3 Å². The van der Waals surface area contributed by atoms with Crippen molar-refractivity contribution in [3.8, 4) is 0 Å². The normalized spacial score (nSPS) is 23.7. The first kappa shape index (κ1) is 19.0. The predicted molar refractivity (Wildman–Crippen MR) is 108 cm³/mol. The first-order chi connectivity index (χ1) is 13.4. The number of fused-ring (bicyclic) bond motifs is 1. The highest BCUT2D eigenvalue weighted by Gasteiger charge is 2.48. The van der Waals surface area contributed by atoms with Crippen molar-refractivity contribution in [2.45, 2.75) is 58.2 Å². The number of aryl methyl sites for hydroxylation is 1. The summed E-state index contributed by atoms with van der Waals surface area (Å²) in [6, 6.07) is 7.23. The molecule has 0 saturated carbocycles. The van der Waals surface area contributed by atoms with E-state index in [-0.39, 0.29) is 17.3 Å². The standard InChI is InChI=1S/C22H29FN4O/c1-4-9-26-15-17(13-24-26)21(28)25-10-8-20-16(14-25)12-22(2,3)27(20)19-7-5-6-18(23)11-19/h5-7,11,13,15-16,20H,4,8-10,12,14H2,1-3H3/t16-,20+/m1/s1. The second-order valence-electron chi connectivity index (χ2n) is 8.73. The summed E-state index contributed by atoms with van der Waals surface area (Å²) in [5.41, 5.74) is 1.55. The van der Waals surface area contributed by atoms with Crippen LogP contribution in [0.2, 0.25) is 0 Å². The zero-order valence-corrected chi connectivity index (χ0v) is 16.9. The minimum Gasteiger partial charge on any atom is -0.363 e. The Kier molecular flexibility index (Phi) is 4.89. The fourth-order valence-electron chi connectivity index (χ4n) is 5.11. The van der Waals surface area contributed by atoms with E-state index in [4.69, 9.17) is 0 Å². The molecule has 28 heavy (non-hydrogen) atoms. The number of carbonyl (C=O) groups excluding carboxylic acids is 1. The number of carbonyl (C=O) groups is 1. The van der Waals surface area contributed by atoms with E-state index in [9.17, 15) is 9.18 Å². The van der Waals surface area contributed by atoms with E-state index in [2.05, 4.69) is 30.8 Å². The minimum absolute atomic E-state index is 0.0613. The summed E-state index contributed by atoms with van der Waals surface area (Å²) >= 11 is 0. The average Bonchev–Trinajstić information content (AvgIpc) is 3.21. The molecular weight excluding hydrogens is 355 g/mol. The third-order valence-corrected chi connectivity index (χ3v) is 6.15. The van der Waals surface area contributed by atoms with Crippen LogP contribution in [0.25, 0.3) is 0 Å². The quantitative estimate of drug-likeness (QED) is 0.801. The maximum absolute atomic E-state index is 13.8. The van der Waals surface area contributed by atoms with Gasteiger partial charge in [0, 0.05) is 43.1 Å². The molecule has 0 radical (unpaired) electrons. The Bertz CT molecular complexity index is 862. The van der Waals surface area contributed by atoms with Gasteiger partial charge in [-0.15, -0.1) is 0 Å². The lowest BCUT2D eigenvalue weighted by molar-refractivity contribution is 0.0667. The molecule has 3 heterocycles. The average molecular weight is 384 g/mol. The lowest BCUT2D eigenvalue weighted by atomic mass is 9.89. The van der Waals surface area contributed by atoms with Crippen molar-refractivity contribution in [2.75, 3.05) is 18.0 Å². The Morgan fingerprint density at radius 3 is 2.93 bits per heavy atom. The summed E-state index contributed by atoms with van der Waals surface area (Å²) in [7, 11) is 0. The third-order valence-electron chi connectivity index (χ3n) is 6.15. The molecule has 2 aliphatic heterocycles. The van der Waals surface area contributed by atoms with Crippen LogP contribution in [0.15, 0.2) is 36.7 Å². The van der Waals surface area contributed by atoms with Gasteiger partial charge in [0.2, 0.25) is 0 Å². The molecule has 1 aromatic carbocycles. The Labute approximate surface area is 166 Å². The van der Waals surface area contributed by atoms with Crippen LogP contribution < -0.4 is 4.90 Å². The number of hydrogen-bond donors (Lipinski definition) is 0. The molecule has 4 rings (SSSR count). The summed E-state index contributed by atoms with van der Waals surface area (Å²) in [5, 5.41) is 4.30. The van der Waals surface area contributed by atoms with Crippen molar-refractivity contribution >= 4 is 11.6 Å². The van der Waals surface area contributed by atoms with E-state index in [1.807, 2.05) is 21.8 Å². The lowest BCUT2D eigenvalue weighted by Crippen LogP contribution is -2.50. The number of benzene rings is 1. The molecule has 2 aromatic rings.